The maximum Gasteiger partial charge on any atom is 0.213 e. The SMILES string of the molecule is COCCS(=O)(=O)NCC1(CCl)CC1. The van der Waals surface area contributed by atoms with E-state index in [4.69, 9.17) is 16.3 Å². The summed E-state index contributed by atoms with van der Waals surface area (Å²) in [6.45, 7) is 0.686. The summed E-state index contributed by atoms with van der Waals surface area (Å²) in [4.78, 5) is 0. The molecule has 1 aliphatic carbocycles. The number of ether oxygens (including phenoxy) is 1. The van der Waals surface area contributed by atoms with Gasteiger partial charge in [-0.3, -0.25) is 0 Å². The van der Waals surface area contributed by atoms with Gasteiger partial charge in [0.15, 0.2) is 0 Å². The molecule has 0 atom stereocenters. The summed E-state index contributed by atoms with van der Waals surface area (Å²) in [5, 5.41) is 0. The van der Waals surface area contributed by atoms with Gasteiger partial charge >= 0.3 is 0 Å². The van der Waals surface area contributed by atoms with Crippen molar-refractivity contribution in [1.82, 2.24) is 4.72 Å². The molecule has 0 heterocycles. The van der Waals surface area contributed by atoms with Gasteiger partial charge in [-0.1, -0.05) is 0 Å². The summed E-state index contributed by atoms with van der Waals surface area (Å²) in [7, 11) is -1.70. The van der Waals surface area contributed by atoms with Crippen molar-refractivity contribution in [3.63, 3.8) is 0 Å². The average molecular weight is 242 g/mol. The molecule has 0 unspecified atom stereocenters. The lowest BCUT2D eigenvalue weighted by Gasteiger charge is -2.12. The molecule has 1 aliphatic rings. The van der Waals surface area contributed by atoms with E-state index in [1.165, 1.54) is 7.11 Å². The Morgan fingerprint density at radius 2 is 2.14 bits per heavy atom. The minimum atomic E-state index is -3.18. The predicted molar refractivity (Wildman–Crippen MR) is 56.1 cm³/mol. The molecule has 6 heteroatoms. The van der Waals surface area contributed by atoms with Crippen LogP contribution in [0.4, 0.5) is 0 Å². The highest BCUT2D eigenvalue weighted by molar-refractivity contribution is 7.89. The molecule has 0 saturated heterocycles. The largest absolute Gasteiger partial charge is 0.384 e. The highest BCUT2D eigenvalue weighted by Crippen LogP contribution is 2.45. The second kappa shape index (κ2) is 4.79. The lowest BCUT2D eigenvalue weighted by Crippen LogP contribution is -2.33. The number of halogens is 1. The summed E-state index contributed by atoms with van der Waals surface area (Å²) in [6, 6.07) is 0. The Morgan fingerprint density at radius 1 is 1.50 bits per heavy atom. The predicted octanol–water partition coefficient (Wildman–Crippen LogP) is 0.571. The van der Waals surface area contributed by atoms with Gasteiger partial charge in [0, 0.05) is 19.5 Å². The number of nitrogens with one attached hydrogen (secondary N) is 1. The van der Waals surface area contributed by atoms with E-state index in [9.17, 15) is 8.42 Å². The first-order valence-corrected chi connectivity index (χ1v) is 6.74. The Labute approximate surface area is 90.0 Å². The van der Waals surface area contributed by atoms with Gasteiger partial charge in [-0.2, -0.15) is 0 Å². The lowest BCUT2D eigenvalue weighted by atomic mass is 10.1. The van der Waals surface area contributed by atoms with Crippen LogP contribution in [-0.2, 0) is 14.8 Å². The molecule has 0 amide bonds. The molecule has 0 spiro atoms. The highest BCUT2D eigenvalue weighted by atomic mass is 35.5. The van der Waals surface area contributed by atoms with Crippen LogP contribution >= 0.6 is 11.6 Å². The van der Waals surface area contributed by atoms with Crippen LogP contribution in [-0.4, -0.2) is 40.3 Å². The fourth-order valence-electron chi connectivity index (χ4n) is 1.06. The Hall–Kier alpha value is 0.160. The zero-order chi connectivity index (χ0) is 10.7. The van der Waals surface area contributed by atoms with E-state index >= 15 is 0 Å². The van der Waals surface area contributed by atoms with E-state index in [0.29, 0.717) is 12.4 Å². The van der Waals surface area contributed by atoms with Gasteiger partial charge in [-0.25, -0.2) is 13.1 Å². The van der Waals surface area contributed by atoms with Gasteiger partial charge in [0.25, 0.3) is 0 Å². The van der Waals surface area contributed by atoms with Crippen molar-refractivity contribution in [2.75, 3.05) is 31.9 Å². The Bertz CT molecular complexity index is 274. The van der Waals surface area contributed by atoms with E-state index < -0.39 is 10.0 Å². The summed E-state index contributed by atoms with van der Waals surface area (Å²) in [5.41, 5.74) is 0.0295. The Morgan fingerprint density at radius 3 is 2.57 bits per heavy atom. The number of hydrogen-bond donors (Lipinski definition) is 1. The monoisotopic (exact) mass is 241 g/mol. The van der Waals surface area contributed by atoms with Gasteiger partial charge in [0.1, 0.15) is 0 Å². The minimum Gasteiger partial charge on any atom is -0.384 e. The molecule has 0 aromatic rings. The van der Waals surface area contributed by atoms with E-state index in [1.54, 1.807) is 0 Å². The van der Waals surface area contributed by atoms with Gasteiger partial charge < -0.3 is 4.74 Å². The van der Waals surface area contributed by atoms with Gasteiger partial charge in [-0.15, -0.1) is 11.6 Å². The van der Waals surface area contributed by atoms with Crippen LogP contribution in [0, 0.1) is 5.41 Å². The van der Waals surface area contributed by atoms with Crippen LogP contribution in [0.15, 0.2) is 0 Å². The van der Waals surface area contributed by atoms with Gasteiger partial charge in [0.05, 0.1) is 12.4 Å². The van der Waals surface area contributed by atoms with Crippen molar-refractivity contribution >= 4 is 21.6 Å². The van der Waals surface area contributed by atoms with Crippen molar-refractivity contribution in [1.29, 1.82) is 0 Å². The fourth-order valence-corrected chi connectivity index (χ4v) is 2.48. The normalized spacial score (nSPS) is 19.6. The Balaban J connectivity index is 2.29. The average Bonchev–Trinajstić information content (AvgIpc) is 2.93. The van der Waals surface area contributed by atoms with E-state index in [2.05, 4.69) is 4.72 Å². The lowest BCUT2D eigenvalue weighted by molar-refractivity contribution is 0.217. The van der Waals surface area contributed by atoms with Crippen molar-refractivity contribution < 1.29 is 13.2 Å². The third-order valence-corrected chi connectivity index (χ3v) is 4.32. The summed E-state index contributed by atoms with van der Waals surface area (Å²) in [5.74, 6) is 0.543. The second-order valence-corrected chi connectivity index (χ2v) is 5.96. The third-order valence-electron chi connectivity index (χ3n) is 2.46. The van der Waals surface area contributed by atoms with Crippen LogP contribution < -0.4 is 4.72 Å². The standard InChI is InChI=1S/C8H16ClNO3S/c1-13-4-5-14(11,12)10-7-8(6-9)2-3-8/h10H,2-7H2,1H3. The zero-order valence-corrected chi connectivity index (χ0v) is 9.83. The molecule has 0 aromatic heterocycles. The smallest absolute Gasteiger partial charge is 0.213 e. The molecular weight excluding hydrogens is 226 g/mol. The fraction of sp³-hybridized carbons (Fsp3) is 1.00. The minimum absolute atomic E-state index is 0.0157. The maximum atomic E-state index is 11.3. The van der Waals surface area contributed by atoms with Crippen LogP contribution in [0.3, 0.4) is 0 Å². The van der Waals surface area contributed by atoms with Gasteiger partial charge in [-0.05, 0) is 18.3 Å². The Kier molecular flexibility index (Phi) is 4.18. The summed E-state index contributed by atoms with van der Waals surface area (Å²) >= 11 is 5.73. The van der Waals surface area contributed by atoms with E-state index in [0.717, 1.165) is 12.8 Å². The number of rotatable bonds is 7. The number of hydrogen-bond acceptors (Lipinski definition) is 3. The molecule has 1 N–H and O–H groups in total. The first-order chi connectivity index (χ1) is 6.54. The number of sulfonamides is 1. The molecule has 1 saturated carbocycles. The molecule has 0 aliphatic heterocycles. The van der Waals surface area contributed by atoms with Crippen molar-refractivity contribution in [3.05, 3.63) is 0 Å². The molecule has 14 heavy (non-hydrogen) atoms. The van der Waals surface area contributed by atoms with Crippen LogP contribution in [0.25, 0.3) is 0 Å². The van der Waals surface area contributed by atoms with Crippen molar-refractivity contribution in [3.8, 4) is 0 Å². The molecule has 0 aromatic carbocycles. The van der Waals surface area contributed by atoms with Crippen LogP contribution in [0.2, 0.25) is 0 Å². The van der Waals surface area contributed by atoms with Crippen LogP contribution in [0.5, 0.6) is 0 Å². The number of methoxy groups -OCH3 is 1. The van der Waals surface area contributed by atoms with Crippen molar-refractivity contribution in [2.24, 2.45) is 5.41 Å². The van der Waals surface area contributed by atoms with Gasteiger partial charge in [0.2, 0.25) is 10.0 Å². The van der Waals surface area contributed by atoms with E-state index in [1.807, 2.05) is 0 Å². The molecule has 1 rings (SSSR count). The summed E-state index contributed by atoms with van der Waals surface area (Å²) < 4.78 is 30.0. The first-order valence-electron chi connectivity index (χ1n) is 4.56. The van der Waals surface area contributed by atoms with Crippen LogP contribution in [0.1, 0.15) is 12.8 Å². The second-order valence-electron chi connectivity index (χ2n) is 3.77. The third kappa shape index (κ3) is 3.73. The molecule has 4 nitrogen and oxygen atoms in total. The highest BCUT2D eigenvalue weighted by Gasteiger charge is 2.42. The molecule has 1 fully saturated rings. The topological polar surface area (TPSA) is 55.4 Å². The number of alkyl halides is 1. The summed E-state index contributed by atoms with van der Waals surface area (Å²) in [6.07, 6.45) is 2.03. The molecule has 0 radical (unpaired) electrons. The zero-order valence-electron chi connectivity index (χ0n) is 8.25. The molecule has 0 bridgehead atoms. The maximum absolute atomic E-state index is 11.3. The van der Waals surface area contributed by atoms with Crippen molar-refractivity contribution in [2.45, 2.75) is 12.8 Å². The molecular formula is C8H16ClNO3S. The molecule has 84 valence electrons. The van der Waals surface area contributed by atoms with E-state index in [-0.39, 0.29) is 17.8 Å². The first kappa shape index (κ1) is 12.2. The quantitative estimate of drug-likeness (QED) is 0.663.